The van der Waals surface area contributed by atoms with E-state index < -0.39 is 0 Å². The highest BCUT2D eigenvalue weighted by Crippen LogP contribution is 2.40. The molecule has 0 aromatic rings. The number of likely N-dealkylation sites (tertiary alicyclic amines) is 1. The topological polar surface area (TPSA) is 21.7 Å². The van der Waals surface area contributed by atoms with Crippen molar-refractivity contribution in [2.45, 2.75) is 224 Å². The number of hydrogen-bond acceptors (Lipinski definition) is 3. The molecule has 2 rings (SSSR count). The lowest BCUT2D eigenvalue weighted by Crippen LogP contribution is -2.32. The summed E-state index contributed by atoms with van der Waals surface area (Å²) in [5.74, 6) is -0.287. The Morgan fingerprint density at radius 1 is 0.488 bits per heavy atom. The average Bonchev–Trinajstić information content (AvgIpc) is 3.27. The predicted molar refractivity (Wildman–Crippen MR) is 189 cm³/mol. The molecule has 3 nitrogen and oxygen atoms in total. The SMILES string of the molecule is CCCCCC/C=C\CCCCCCCCC1(CCCCCCCCCCCCCCCC)OC2CCN(C)CCC2O1. The standard InChI is InChI=1S/C40H77NO2/c1-4-6-8-10-12-14-16-18-20-22-24-26-28-30-34-40(42-38-32-36-41(3)37-33-39(38)43-40)35-31-29-27-25-23-21-19-17-15-13-11-9-7-5-2/h14,16,38-39H,4-13,15,17-37H2,1-3H3/b16-14-. The Labute approximate surface area is 270 Å². The second kappa shape index (κ2) is 26.8. The normalized spacial score (nSPS) is 22.9. The van der Waals surface area contributed by atoms with Crippen LogP contribution in [0, 0.1) is 0 Å². The summed E-state index contributed by atoms with van der Waals surface area (Å²) in [5, 5.41) is 0. The van der Waals surface area contributed by atoms with Gasteiger partial charge in [-0.1, -0.05) is 154 Å². The van der Waals surface area contributed by atoms with Gasteiger partial charge in [0, 0.05) is 25.9 Å². The van der Waals surface area contributed by atoms with Gasteiger partial charge in [-0.2, -0.15) is 0 Å². The van der Waals surface area contributed by atoms with Gasteiger partial charge in [0.25, 0.3) is 0 Å². The maximum absolute atomic E-state index is 6.85. The first kappa shape index (κ1) is 38.8. The molecule has 43 heavy (non-hydrogen) atoms. The molecule has 2 atom stereocenters. The molecule has 0 saturated carbocycles. The van der Waals surface area contributed by atoms with E-state index >= 15 is 0 Å². The van der Waals surface area contributed by atoms with E-state index in [0.29, 0.717) is 12.2 Å². The number of rotatable bonds is 29. The van der Waals surface area contributed by atoms with Crippen LogP contribution in [0.1, 0.15) is 206 Å². The van der Waals surface area contributed by atoms with Crippen LogP contribution in [0.2, 0.25) is 0 Å². The minimum Gasteiger partial charge on any atom is -0.344 e. The van der Waals surface area contributed by atoms with Gasteiger partial charge in [0.15, 0.2) is 5.79 Å². The van der Waals surface area contributed by atoms with E-state index in [1.54, 1.807) is 0 Å². The highest BCUT2D eigenvalue weighted by Gasteiger charge is 2.47. The monoisotopic (exact) mass is 604 g/mol. The molecule has 254 valence electrons. The van der Waals surface area contributed by atoms with E-state index in [2.05, 4.69) is 37.9 Å². The molecule has 0 amide bonds. The molecule has 2 aliphatic heterocycles. The number of unbranched alkanes of at least 4 members (excludes halogenated alkanes) is 23. The zero-order valence-electron chi connectivity index (χ0n) is 29.7. The Morgan fingerprint density at radius 2 is 0.814 bits per heavy atom. The molecule has 2 fully saturated rings. The van der Waals surface area contributed by atoms with Crippen molar-refractivity contribution in [3.63, 3.8) is 0 Å². The molecule has 0 aromatic heterocycles. The van der Waals surface area contributed by atoms with Crippen molar-refractivity contribution < 1.29 is 9.47 Å². The average molecular weight is 604 g/mol. The van der Waals surface area contributed by atoms with Gasteiger partial charge in [-0.3, -0.25) is 0 Å². The van der Waals surface area contributed by atoms with Gasteiger partial charge in [-0.15, -0.1) is 0 Å². The van der Waals surface area contributed by atoms with E-state index in [-0.39, 0.29) is 5.79 Å². The molecule has 0 aliphatic carbocycles. The van der Waals surface area contributed by atoms with Gasteiger partial charge in [-0.05, 0) is 58.4 Å². The Kier molecular flexibility index (Phi) is 24.2. The molecule has 2 aliphatic rings. The Morgan fingerprint density at radius 3 is 1.21 bits per heavy atom. The first-order chi connectivity index (χ1) is 21.2. The maximum atomic E-state index is 6.85. The van der Waals surface area contributed by atoms with Gasteiger partial charge in [-0.25, -0.2) is 0 Å². The van der Waals surface area contributed by atoms with Crippen LogP contribution in [0.25, 0.3) is 0 Å². The molecule has 0 spiro atoms. The third-order valence-corrected chi connectivity index (χ3v) is 10.2. The predicted octanol–water partition coefficient (Wildman–Crippen LogP) is 12.7. The van der Waals surface area contributed by atoms with Crippen molar-refractivity contribution in [1.82, 2.24) is 4.90 Å². The second-order valence-corrected chi connectivity index (χ2v) is 14.4. The number of allylic oxidation sites excluding steroid dienone is 2. The molecule has 2 unspecified atom stereocenters. The molecular formula is C40H77NO2. The summed E-state index contributed by atoms with van der Waals surface area (Å²) in [4.78, 5) is 2.45. The van der Waals surface area contributed by atoms with E-state index in [1.165, 1.54) is 167 Å². The van der Waals surface area contributed by atoms with E-state index in [9.17, 15) is 0 Å². The number of hydrogen-bond donors (Lipinski definition) is 0. The lowest BCUT2D eigenvalue weighted by molar-refractivity contribution is -0.188. The quantitative estimate of drug-likeness (QED) is 0.0627. The van der Waals surface area contributed by atoms with Crippen LogP contribution >= 0.6 is 0 Å². The molecule has 0 bridgehead atoms. The van der Waals surface area contributed by atoms with Gasteiger partial charge < -0.3 is 14.4 Å². The molecule has 0 radical (unpaired) electrons. The van der Waals surface area contributed by atoms with Crippen molar-refractivity contribution in [1.29, 1.82) is 0 Å². The van der Waals surface area contributed by atoms with Crippen LogP contribution in [-0.4, -0.2) is 43.0 Å². The highest BCUT2D eigenvalue weighted by atomic mass is 16.8. The third kappa shape index (κ3) is 19.7. The van der Waals surface area contributed by atoms with Crippen molar-refractivity contribution in [3.8, 4) is 0 Å². The molecule has 2 saturated heterocycles. The van der Waals surface area contributed by atoms with Crippen LogP contribution in [0.3, 0.4) is 0 Å². The molecule has 0 aromatic carbocycles. The minimum absolute atomic E-state index is 0.287. The minimum atomic E-state index is -0.287. The molecule has 3 heteroatoms. The molecular weight excluding hydrogens is 526 g/mol. The second-order valence-electron chi connectivity index (χ2n) is 14.4. The largest absolute Gasteiger partial charge is 0.344 e. The number of nitrogens with zero attached hydrogens (tertiary/aromatic N) is 1. The van der Waals surface area contributed by atoms with Gasteiger partial charge in [0.1, 0.15) is 0 Å². The number of fused-ring (bicyclic) bond motifs is 1. The van der Waals surface area contributed by atoms with Crippen LogP contribution < -0.4 is 0 Å². The van der Waals surface area contributed by atoms with Gasteiger partial charge in [0.2, 0.25) is 0 Å². The molecule has 0 N–H and O–H groups in total. The molecule has 2 heterocycles. The van der Waals surface area contributed by atoms with Crippen LogP contribution in [0.4, 0.5) is 0 Å². The maximum Gasteiger partial charge on any atom is 0.169 e. The smallest absolute Gasteiger partial charge is 0.169 e. The Hall–Kier alpha value is -0.380. The van der Waals surface area contributed by atoms with E-state index in [0.717, 1.165) is 38.8 Å². The fourth-order valence-corrected chi connectivity index (χ4v) is 7.27. The zero-order valence-corrected chi connectivity index (χ0v) is 29.7. The number of ether oxygens (including phenoxy) is 2. The van der Waals surface area contributed by atoms with Crippen molar-refractivity contribution in [2.24, 2.45) is 0 Å². The summed E-state index contributed by atoms with van der Waals surface area (Å²) >= 11 is 0. The van der Waals surface area contributed by atoms with Crippen LogP contribution in [0.5, 0.6) is 0 Å². The highest BCUT2D eigenvalue weighted by molar-refractivity contribution is 4.89. The summed E-state index contributed by atoms with van der Waals surface area (Å²) in [6.07, 6.45) is 45.9. The lowest BCUT2D eigenvalue weighted by atomic mass is 9.98. The Balaban J connectivity index is 1.55. The summed E-state index contributed by atoms with van der Waals surface area (Å²) in [6, 6.07) is 0. The van der Waals surface area contributed by atoms with E-state index in [1.807, 2.05) is 0 Å². The van der Waals surface area contributed by atoms with E-state index in [4.69, 9.17) is 9.47 Å². The summed E-state index contributed by atoms with van der Waals surface area (Å²) in [5.41, 5.74) is 0. The fourth-order valence-electron chi connectivity index (χ4n) is 7.27. The van der Waals surface area contributed by atoms with Crippen molar-refractivity contribution in [3.05, 3.63) is 12.2 Å². The fraction of sp³-hybridized carbons (Fsp3) is 0.950. The summed E-state index contributed by atoms with van der Waals surface area (Å²) in [7, 11) is 2.24. The van der Waals surface area contributed by atoms with Crippen molar-refractivity contribution >= 4 is 0 Å². The third-order valence-electron chi connectivity index (χ3n) is 10.2. The van der Waals surface area contributed by atoms with Crippen LogP contribution in [0.15, 0.2) is 12.2 Å². The first-order valence-corrected chi connectivity index (χ1v) is 19.9. The summed E-state index contributed by atoms with van der Waals surface area (Å²) in [6.45, 7) is 6.89. The van der Waals surface area contributed by atoms with Crippen molar-refractivity contribution in [2.75, 3.05) is 20.1 Å². The zero-order chi connectivity index (χ0) is 30.7. The summed E-state index contributed by atoms with van der Waals surface area (Å²) < 4.78 is 13.7. The van der Waals surface area contributed by atoms with Crippen LogP contribution in [-0.2, 0) is 9.47 Å². The Bertz CT molecular complexity index is 618. The lowest BCUT2D eigenvalue weighted by Gasteiger charge is -2.29. The van der Waals surface area contributed by atoms with Gasteiger partial charge in [0.05, 0.1) is 12.2 Å². The van der Waals surface area contributed by atoms with Gasteiger partial charge >= 0.3 is 0 Å². The first-order valence-electron chi connectivity index (χ1n) is 19.9.